The molecule has 1 atom stereocenters. The average Bonchev–Trinajstić information content (AvgIpc) is 2.58. The Labute approximate surface area is 155 Å². The van der Waals surface area contributed by atoms with Crippen LogP contribution in [-0.2, 0) is 0 Å². The van der Waals surface area contributed by atoms with Crippen LogP contribution in [0.5, 0.6) is 0 Å². The first-order valence-corrected chi connectivity index (χ1v) is 9.72. The SMILES string of the molecule is Cc1ccc(C)c([C@H](CC[N+](C)(C(C)C)C(C)C)c2ccccc2)c1. The molecule has 0 heterocycles. The Morgan fingerprint density at radius 2 is 1.44 bits per heavy atom. The first-order valence-electron chi connectivity index (χ1n) is 9.72. The molecule has 0 spiro atoms. The maximum Gasteiger partial charge on any atom is 0.0833 e. The number of hydrogen-bond acceptors (Lipinski definition) is 0. The molecule has 2 aromatic carbocycles. The van der Waals surface area contributed by atoms with E-state index in [1.165, 1.54) is 35.2 Å². The maximum absolute atomic E-state index is 2.42. The van der Waals surface area contributed by atoms with E-state index in [0.29, 0.717) is 18.0 Å². The molecule has 0 saturated carbocycles. The molecule has 0 N–H and O–H groups in total. The van der Waals surface area contributed by atoms with E-state index in [-0.39, 0.29) is 0 Å². The van der Waals surface area contributed by atoms with E-state index >= 15 is 0 Å². The molecule has 0 radical (unpaired) electrons. The Morgan fingerprint density at radius 1 is 0.840 bits per heavy atom. The van der Waals surface area contributed by atoms with Gasteiger partial charge in [0.05, 0.1) is 25.7 Å². The number of hydrogen-bond donors (Lipinski definition) is 0. The summed E-state index contributed by atoms with van der Waals surface area (Å²) < 4.78 is 1.12. The smallest absolute Gasteiger partial charge is 0.0833 e. The maximum atomic E-state index is 2.42. The lowest BCUT2D eigenvalue weighted by Crippen LogP contribution is -2.55. The molecule has 0 aliphatic rings. The van der Waals surface area contributed by atoms with Gasteiger partial charge in [-0.3, -0.25) is 0 Å². The molecule has 0 aromatic heterocycles. The third-order valence-corrected chi connectivity index (χ3v) is 6.27. The average molecular weight is 339 g/mol. The second kappa shape index (κ2) is 8.19. The van der Waals surface area contributed by atoms with Gasteiger partial charge in [0.1, 0.15) is 0 Å². The van der Waals surface area contributed by atoms with Gasteiger partial charge in [-0.2, -0.15) is 0 Å². The lowest BCUT2D eigenvalue weighted by Gasteiger charge is -2.43. The summed E-state index contributed by atoms with van der Waals surface area (Å²) >= 11 is 0. The Hall–Kier alpha value is -1.60. The zero-order valence-electron chi connectivity index (χ0n) is 17.2. The van der Waals surface area contributed by atoms with Crippen molar-refractivity contribution in [2.75, 3.05) is 13.6 Å². The van der Waals surface area contributed by atoms with E-state index in [2.05, 4.69) is 97.1 Å². The van der Waals surface area contributed by atoms with Gasteiger partial charge in [0.25, 0.3) is 0 Å². The Bertz CT molecular complexity index is 662. The second-order valence-electron chi connectivity index (χ2n) is 8.37. The van der Waals surface area contributed by atoms with Crippen LogP contribution in [0.25, 0.3) is 0 Å². The summed E-state index contributed by atoms with van der Waals surface area (Å²) in [6, 6.07) is 19.2. The minimum Gasteiger partial charge on any atom is -0.322 e. The monoisotopic (exact) mass is 338 g/mol. The summed E-state index contributed by atoms with van der Waals surface area (Å²) in [6.07, 6.45) is 1.18. The third-order valence-electron chi connectivity index (χ3n) is 6.27. The highest BCUT2D eigenvalue weighted by molar-refractivity contribution is 5.39. The molecule has 0 unspecified atom stereocenters. The van der Waals surface area contributed by atoms with Gasteiger partial charge in [-0.25, -0.2) is 0 Å². The fraction of sp³-hybridized carbons (Fsp3) is 0.500. The fourth-order valence-corrected chi connectivity index (χ4v) is 3.84. The molecule has 136 valence electrons. The largest absolute Gasteiger partial charge is 0.322 e. The second-order valence-corrected chi connectivity index (χ2v) is 8.37. The predicted octanol–water partition coefficient (Wildman–Crippen LogP) is 6.09. The molecule has 1 heteroatoms. The van der Waals surface area contributed by atoms with Crippen LogP contribution in [-0.4, -0.2) is 30.2 Å². The van der Waals surface area contributed by atoms with Crippen LogP contribution < -0.4 is 0 Å². The highest BCUT2D eigenvalue weighted by atomic mass is 15.4. The van der Waals surface area contributed by atoms with Crippen molar-refractivity contribution in [1.82, 2.24) is 0 Å². The topological polar surface area (TPSA) is 0 Å². The summed E-state index contributed by atoms with van der Waals surface area (Å²) in [6.45, 7) is 15.1. The van der Waals surface area contributed by atoms with Crippen molar-refractivity contribution < 1.29 is 4.48 Å². The molecule has 0 amide bonds. The lowest BCUT2D eigenvalue weighted by molar-refractivity contribution is -0.949. The third kappa shape index (κ3) is 4.52. The van der Waals surface area contributed by atoms with Crippen LogP contribution in [0.4, 0.5) is 0 Å². The molecule has 0 aliphatic carbocycles. The molecule has 0 bridgehead atoms. The van der Waals surface area contributed by atoms with Gasteiger partial charge in [-0.1, -0.05) is 54.1 Å². The summed E-state index contributed by atoms with van der Waals surface area (Å²) in [4.78, 5) is 0. The van der Waals surface area contributed by atoms with Crippen molar-refractivity contribution in [3.05, 3.63) is 70.8 Å². The standard InChI is InChI=1S/C24H36N/c1-18(2)25(7,19(3)4)16-15-23(22-11-9-8-10-12-22)24-17-20(5)13-14-21(24)6/h8-14,17-19,23H,15-16H2,1-7H3/q+1/t23-/m1/s1. The summed E-state index contributed by atoms with van der Waals surface area (Å²) in [5.74, 6) is 0.469. The zero-order chi connectivity index (χ0) is 18.6. The molecular formula is C24H36N+. The van der Waals surface area contributed by atoms with Crippen LogP contribution in [0.15, 0.2) is 48.5 Å². The van der Waals surface area contributed by atoms with Gasteiger partial charge in [-0.05, 0) is 58.2 Å². The van der Waals surface area contributed by atoms with E-state index in [1.807, 2.05) is 0 Å². The van der Waals surface area contributed by atoms with Crippen molar-refractivity contribution in [2.45, 2.75) is 66.0 Å². The van der Waals surface area contributed by atoms with Crippen molar-refractivity contribution >= 4 is 0 Å². The van der Waals surface area contributed by atoms with Gasteiger partial charge >= 0.3 is 0 Å². The molecule has 2 aromatic rings. The van der Waals surface area contributed by atoms with Crippen LogP contribution >= 0.6 is 0 Å². The van der Waals surface area contributed by atoms with E-state index in [0.717, 1.165) is 4.48 Å². The van der Waals surface area contributed by atoms with Crippen molar-refractivity contribution in [1.29, 1.82) is 0 Å². The van der Waals surface area contributed by atoms with Gasteiger partial charge in [-0.15, -0.1) is 0 Å². The molecule has 0 aliphatic heterocycles. The Morgan fingerprint density at radius 3 is 2.00 bits per heavy atom. The van der Waals surface area contributed by atoms with Crippen LogP contribution in [0.3, 0.4) is 0 Å². The predicted molar refractivity (Wildman–Crippen MR) is 110 cm³/mol. The van der Waals surface area contributed by atoms with Crippen molar-refractivity contribution in [2.24, 2.45) is 0 Å². The number of benzene rings is 2. The molecule has 0 saturated heterocycles. The molecule has 0 fully saturated rings. The number of rotatable bonds is 7. The van der Waals surface area contributed by atoms with Crippen molar-refractivity contribution in [3.8, 4) is 0 Å². The Balaban J connectivity index is 2.38. The van der Waals surface area contributed by atoms with E-state index in [9.17, 15) is 0 Å². The summed E-state index contributed by atoms with van der Waals surface area (Å²) in [5.41, 5.74) is 5.69. The molecule has 2 rings (SSSR count). The van der Waals surface area contributed by atoms with E-state index in [1.54, 1.807) is 0 Å². The normalized spacial score (nSPS) is 13.5. The lowest BCUT2D eigenvalue weighted by atomic mass is 9.84. The summed E-state index contributed by atoms with van der Waals surface area (Å²) in [7, 11) is 2.42. The highest BCUT2D eigenvalue weighted by Crippen LogP contribution is 2.33. The quantitative estimate of drug-likeness (QED) is 0.536. The Kier molecular flexibility index (Phi) is 6.46. The van der Waals surface area contributed by atoms with Crippen LogP contribution in [0, 0.1) is 13.8 Å². The molecular weight excluding hydrogens is 302 g/mol. The van der Waals surface area contributed by atoms with Crippen LogP contribution in [0.1, 0.15) is 62.3 Å². The zero-order valence-corrected chi connectivity index (χ0v) is 17.2. The van der Waals surface area contributed by atoms with E-state index < -0.39 is 0 Å². The van der Waals surface area contributed by atoms with E-state index in [4.69, 9.17) is 0 Å². The molecule has 25 heavy (non-hydrogen) atoms. The van der Waals surface area contributed by atoms with Gasteiger partial charge in [0, 0.05) is 12.3 Å². The number of aryl methyl sites for hydroxylation is 2. The van der Waals surface area contributed by atoms with Crippen LogP contribution in [0.2, 0.25) is 0 Å². The minimum absolute atomic E-state index is 0.469. The first kappa shape index (κ1) is 19.7. The number of quaternary nitrogens is 1. The highest BCUT2D eigenvalue weighted by Gasteiger charge is 2.31. The van der Waals surface area contributed by atoms with Gasteiger partial charge in [0.15, 0.2) is 0 Å². The summed E-state index contributed by atoms with van der Waals surface area (Å²) in [5, 5.41) is 0. The first-order chi connectivity index (χ1) is 11.8. The number of nitrogens with zero attached hydrogens (tertiary/aromatic N) is 1. The van der Waals surface area contributed by atoms with Gasteiger partial charge in [0.2, 0.25) is 0 Å². The minimum atomic E-state index is 0.469. The van der Waals surface area contributed by atoms with Crippen molar-refractivity contribution in [3.63, 3.8) is 0 Å². The fourth-order valence-electron chi connectivity index (χ4n) is 3.84. The van der Waals surface area contributed by atoms with Gasteiger partial charge < -0.3 is 4.48 Å². The molecule has 1 nitrogen and oxygen atoms in total.